The first-order chi connectivity index (χ1) is 12.9. The lowest BCUT2D eigenvalue weighted by Crippen LogP contribution is -2.22. The zero-order valence-electron chi connectivity index (χ0n) is 15.8. The number of aryl methyl sites for hydroxylation is 1. The molecule has 0 bridgehead atoms. The van der Waals surface area contributed by atoms with Crippen molar-refractivity contribution in [2.75, 3.05) is 5.75 Å². The van der Waals surface area contributed by atoms with Crippen molar-refractivity contribution in [3.05, 3.63) is 50.1 Å². The zero-order valence-corrected chi connectivity index (χ0v) is 18.2. The normalized spacial score (nSPS) is 16.9. The van der Waals surface area contributed by atoms with Gasteiger partial charge in [-0.3, -0.25) is 9.36 Å². The summed E-state index contributed by atoms with van der Waals surface area (Å²) >= 11 is 9.43. The van der Waals surface area contributed by atoms with E-state index in [4.69, 9.17) is 16.6 Å². The van der Waals surface area contributed by atoms with Crippen LogP contribution in [0.1, 0.15) is 37.6 Å². The summed E-state index contributed by atoms with van der Waals surface area (Å²) < 4.78 is 1.77. The van der Waals surface area contributed by atoms with E-state index in [-0.39, 0.29) is 5.56 Å². The van der Waals surface area contributed by atoms with Crippen LogP contribution in [0.3, 0.4) is 0 Å². The Hall–Kier alpha value is -1.30. The van der Waals surface area contributed by atoms with E-state index in [0.29, 0.717) is 16.9 Å². The first-order valence-electron chi connectivity index (χ1n) is 9.40. The molecule has 1 aliphatic carbocycles. The standard InChI is InChI=1S/C21H23ClN2OS2/c1-12(2)11-26-21-23-19-18(16-9-4-13(3)10-17(16)27-19)20(25)24(21)15-7-5-14(22)6-8-15/h5-8,12-13H,4,9-11H2,1-3H3. The second-order valence-electron chi connectivity index (χ2n) is 7.75. The number of fused-ring (bicyclic) bond motifs is 3. The molecule has 6 heteroatoms. The molecule has 3 nitrogen and oxygen atoms in total. The number of hydrogen-bond acceptors (Lipinski definition) is 4. The monoisotopic (exact) mass is 418 g/mol. The number of halogens is 1. The summed E-state index contributed by atoms with van der Waals surface area (Å²) in [6, 6.07) is 7.46. The van der Waals surface area contributed by atoms with Gasteiger partial charge in [0.25, 0.3) is 5.56 Å². The predicted octanol–water partition coefficient (Wildman–Crippen LogP) is 5.97. The Morgan fingerprint density at radius 1 is 1.33 bits per heavy atom. The molecule has 0 fully saturated rings. The van der Waals surface area contributed by atoms with Gasteiger partial charge >= 0.3 is 0 Å². The van der Waals surface area contributed by atoms with Crippen LogP contribution in [-0.4, -0.2) is 15.3 Å². The highest BCUT2D eigenvalue weighted by Gasteiger charge is 2.25. The smallest absolute Gasteiger partial charge is 0.267 e. The first kappa shape index (κ1) is 19.0. The highest BCUT2D eigenvalue weighted by atomic mass is 35.5. The third-order valence-electron chi connectivity index (χ3n) is 4.93. The maximum atomic E-state index is 13.6. The minimum atomic E-state index is 0.0561. The lowest BCUT2D eigenvalue weighted by Gasteiger charge is -2.18. The summed E-state index contributed by atoms with van der Waals surface area (Å²) in [4.78, 5) is 20.8. The summed E-state index contributed by atoms with van der Waals surface area (Å²) in [5.74, 6) is 2.13. The van der Waals surface area contributed by atoms with E-state index in [2.05, 4.69) is 20.8 Å². The molecule has 4 rings (SSSR count). The van der Waals surface area contributed by atoms with E-state index >= 15 is 0 Å². The molecule has 0 spiro atoms. The molecular weight excluding hydrogens is 396 g/mol. The van der Waals surface area contributed by atoms with E-state index in [1.807, 2.05) is 24.3 Å². The lowest BCUT2D eigenvalue weighted by molar-refractivity contribution is 0.509. The highest BCUT2D eigenvalue weighted by Crippen LogP contribution is 2.37. The van der Waals surface area contributed by atoms with Crippen LogP contribution in [-0.2, 0) is 12.8 Å². The van der Waals surface area contributed by atoms with Crippen molar-refractivity contribution >= 4 is 44.9 Å². The van der Waals surface area contributed by atoms with E-state index in [0.717, 1.165) is 46.1 Å². The van der Waals surface area contributed by atoms with Crippen LogP contribution in [0.15, 0.2) is 34.2 Å². The average molecular weight is 419 g/mol. The van der Waals surface area contributed by atoms with Crippen LogP contribution in [0.2, 0.25) is 5.02 Å². The summed E-state index contributed by atoms with van der Waals surface area (Å²) in [7, 11) is 0. The molecule has 0 aliphatic heterocycles. The third-order valence-corrected chi connectivity index (χ3v) is 7.69. The van der Waals surface area contributed by atoms with Gasteiger partial charge in [0.1, 0.15) is 4.83 Å². The molecule has 2 aromatic heterocycles. The minimum absolute atomic E-state index is 0.0561. The lowest BCUT2D eigenvalue weighted by atomic mass is 9.89. The fraction of sp³-hybridized carbons (Fsp3) is 0.429. The predicted molar refractivity (Wildman–Crippen MR) is 117 cm³/mol. The first-order valence-corrected chi connectivity index (χ1v) is 11.6. The van der Waals surface area contributed by atoms with Gasteiger partial charge in [0.15, 0.2) is 5.16 Å². The molecule has 1 aromatic carbocycles. The molecule has 0 radical (unpaired) electrons. The van der Waals surface area contributed by atoms with Crippen LogP contribution in [0.25, 0.3) is 15.9 Å². The second-order valence-corrected chi connectivity index (χ2v) is 10.3. The van der Waals surface area contributed by atoms with Crippen LogP contribution in [0, 0.1) is 11.8 Å². The number of nitrogens with zero attached hydrogens (tertiary/aromatic N) is 2. The van der Waals surface area contributed by atoms with Gasteiger partial charge in [0, 0.05) is 15.7 Å². The number of thioether (sulfide) groups is 1. The molecule has 2 heterocycles. The Morgan fingerprint density at radius 2 is 2.07 bits per heavy atom. The number of thiophene rings is 1. The number of hydrogen-bond donors (Lipinski definition) is 0. The third kappa shape index (κ3) is 3.69. The Labute approximate surface area is 172 Å². The van der Waals surface area contributed by atoms with E-state index in [1.54, 1.807) is 27.7 Å². The Balaban J connectivity index is 1.94. The van der Waals surface area contributed by atoms with Crippen molar-refractivity contribution in [1.29, 1.82) is 0 Å². The number of aromatic nitrogens is 2. The Kier molecular flexibility index (Phi) is 5.36. The van der Waals surface area contributed by atoms with Crippen molar-refractivity contribution in [2.45, 2.75) is 45.2 Å². The van der Waals surface area contributed by atoms with Crippen LogP contribution in [0.5, 0.6) is 0 Å². The molecule has 0 amide bonds. The summed E-state index contributed by atoms with van der Waals surface area (Å²) in [5.41, 5.74) is 2.11. The largest absolute Gasteiger partial charge is 0.268 e. The van der Waals surface area contributed by atoms with Gasteiger partial charge in [-0.2, -0.15) is 0 Å². The van der Waals surface area contributed by atoms with Crippen molar-refractivity contribution in [1.82, 2.24) is 9.55 Å². The summed E-state index contributed by atoms with van der Waals surface area (Å²) in [6.07, 6.45) is 3.18. The molecule has 27 heavy (non-hydrogen) atoms. The van der Waals surface area contributed by atoms with Gasteiger partial charge in [-0.05, 0) is 60.9 Å². The van der Waals surface area contributed by atoms with E-state index < -0.39 is 0 Å². The molecule has 0 N–H and O–H groups in total. The van der Waals surface area contributed by atoms with Gasteiger partial charge in [0.2, 0.25) is 0 Å². The molecule has 1 aliphatic rings. The topological polar surface area (TPSA) is 34.9 Å². The highest BCUT2D eigenvalue weighted by molar-refractivity contribution is 7.99. The van der Waals surface area contributed by atoms with Crippen molar-refractivity contribution in [2.24, 2.45) is 11.8 Å². The van der Waals surface area contributed by atoms with Crippen molar-refractivity contribution < 1.29 is 0 Å². The number of benzene rings is 1. The van der Waals surface area contributed by atoms with Crippen LogP contribution < -0.4 is 5.56 Å². The quantitative estimate of drug-likeness (QED) is 0.386. The second kappa shape index (κ2) is 7.61. The van der Waals surface area contributed by atoms with Crippen LogP contribution in [0.4, 0.5) is 0 Å². The Morgan fingerprint density at radius 3 is 2.78 bits per heavy atom. The van der Waals surface area contributed by atoms with Crippen molar-refractivity contribution in [3.63, 3.8) is 0 Å². The molecular formula is C21H23ClN2OS2. The van der Waals surface area contributed by atoms with Crippen molar-refractivity contribution in [3.8, 4) is 5.69 Å². The molecule has 1 unspecified atom stereocenters. The molecule has 3 aromatic rings. The maximum Gasteiger partial charge on any atom is 0.267 e. The fourth-order valence-corrected chi connectivity index (χ4v) is 6.04. The molecule has 1 atom stereocenters. The van der Waals surface area contributed by atoms with E-state index in [9.17, 15) is 4.79 Å². The zero-order chi connectivity index (χ0) is 19.1. The minimum Gasteiger partial charge on any atom is -0.268 e. The van der Waals surface area contributed by atoms with Gasteiger partial charge < -0.3 is 0 Å². The molecule has 142 valence electrons. The molecule has 0 saturated carbocycles. The Bertz CT molecular complexity index is 1040. The summed E-state index contributed by atoms with van der Waals surface area (Å²) in [6.45, 7) is 6.65. The van der Waals surface area contributed by atoms with E-state index in [1.165, 1.54) is 10.4 Å². The maximum absolute atomic E-state index is 13.6. The van der Waals surface area contributed by atoms with Gasteiger partial charge in [-0.15, -0.1) is 11.3 Å². The van der Waals surface area contributed by atoms with Gasteiger partial charge in [-0.25, -0.2) is 4.98 Å². The van der Waals surface area contributed by atoms with Crippen LogP contribution >= 0.6 is 34.7 Å². The SMILES string of the molecule is CC(C)CSc1nc2sc3c(c2c(=O)n1-c1ccc(Cl)cc1)CCC(C)C3. The fourth-order valence-electron chi connectivity index (χ4n) is 3.53. The molecule has 0 saturated heterocycles. The number of rotatable bonds is 4. The average Bonchev–Trinajstić information content (AvgIpc) is 2.98. The van der Waals surface area contributed by atoms with Gasteiger partial charge in [0.05, 0.1) is 11.1 Å². The van der Waals surface area contributed by atoms with Gasteiger partial charge in [-0.1, -0.05) is 44.1 Å². The summed E-state index contributed by atoms with van der Waals surface area (Å²) in [5, 5.41) is 2.26.